The fraction of sp³-hybridized carbons (Fsp3) is 0.786. The van der Waals surface area contributed by atoms with Gasteiger partial charge < -0.3 is 10.6 Å². The van der Waals surface area contributed by atoms with Crippen LogP contribution in [0.2, 0.25) is 0 Å². The van der Waals surface area contributed by atoms with Gasteiger partial charge in [-0.25, -0.2) is 4.98 Å². The maximum atomic E-state index is 5.60. The molecule has 0 atom stereocenters. The zero-order chi connectivity index (χ0) is 13.2. The van der Waals surface area contributed by atoms with E-state index in [1.54, 1.807) is 0 Å². The maximum Gasteiger partial charge on any atom is 0.0981 e. The Kier molecular flexibility index (Phi) is 4.41. The summed E-state index contributed by atoms with van der Waals surface area (Å²) in [5.74, 6) is 0.659. The van der Waals surface area contributed by atoms with Crippen LogP contribution in [0.3, 0.4) is 0 Å². The number of hydrogen-bond acceptors (Lipinski definition) is 4. The fourth-order valence-electron chi connectivity index (χ4n) is 2.45. The topological polar surface area (TPSA) is 42.2 Å². The molecule has 18 heavy (non-hydrogen) atoms. The van der Waals surface area contributed by atoms with Gasteiger partial charge in [0.15, 0.2) is 0 Å². The number of thiazole rings is 1. The van der Waals surface area contributed by atoms with Crippen molar-refractivity contribution < 1.29 is 0 Å². The Bertz CT molecular complexity index is 373. The van der Waals surface area contributed by atoms with E-state index in [9.17, 15) is 0 Å². The zero-order valence-electron chi connectivity index (χ0n) is 11.8. The third kappa shape index (κ3) is 3.31. The van der Waals surface area contributed by atoms with Crippen molar-refractivity contribution >= 4 is 11.3 Å². The van der Waals surface area contributed by atoms with E-state index in [1.807, 2.05) is 11.3 Å². The van der Waals surface area contributed by atoms with Crippen LogP contribution in [0.4, 0.5) is 0 Å². The summed E-state index contributed by atoms with van der Waals surface area (Å²) in [7, 11) is 0. The highest BCUT2D eigenvalue weighted by molar-refractivity contribution is 7.09. The highest BCUT2D eigenvalue weighted by atomic mass is 32.1. The van der Waals surface area contributed by atoms with Crippen LogP contribution >= 0.6 is 11.3 Å². The smallest absolute Gasteiger partial charge is 0.0981 e. The molecular formula is C14H25N3S. The number of hydrogen-bond donors (Lipinski definition) is 1. The Balaban J connectivity index is 1.95. The zero-order valence-corrected chi connectivity index (χ0v) is 12.6. The molecule has 0 radical (unpaired) electrons. The van der Waals surface area contributed by atoms with Gasteiger partial charge in [-0.2, -0.15) is 0 Å². The Hall–Kier alpha value is -0.450. The quantitative estimate of drug-likeness (QED) is 0.915. The predicted molar refractivity (Wildman–Crippen MR) is 78.3 cm³/mol. The molecule has 1 aliphatic rings. The van der Waals surface area contributed by atoms with Crippen LogP contribution in [0.5, 0.6) is 0 Å². The summed E-state index contributed by atoms with van der Waals surface area (Å²) < 4.78 is 0. The normalized spacial score (nSPS) is 19.3. The van der Waals surface area contributed by atoms with Crippen LogP contribution in [0.15, 0.2) is 5.38 Å². The molecule has 1 aromatic heterocycles. The molecule has 2 N–H and O–H groups in total. The molecule has 1 saturated heterocycles. The number of likely N-dealkylation sites (tertiary alicyclic amines) is 1. The number of aromatic nitrogens is 1. The highest BCUT2D eigenvalue weighted by Gasteiger charge is 2.24. The highest BCUT2D eigenvalue weighted by Crippen LogP contribution is 2.32. The number of nitrogens with zero attached hydrogens (tertiary/aromatic N) is 2. The van der Waals surface area contributed by atoms with Gasteiger partial charge in [-0.1, -0.05) is 20.8 Å². The Morgan fingerprint density at radius 3 is 2.56 bits per heavy atom. The molecule has 1 aromatic rings. The van der Waals surface area contributed by atoms with Crippen LogP contribution in [0.1, 0.15) is 50.2 Å². The van der Waals surface area contributed by atoms with Crippen molar-refractivity contribution in [3.05, 3.63) is 16.1 Å². The summed E-state index contributed by atoms with van der Waals surface area (Å²) in [5.41, 5.74) is 7.10. The third-order valence-corrected chi connectivity index (χ3v) is 4.90. The fourth-order valence-corrected chi connectivity index (χ4v) is 3.44. The summed E-state index contributed by atoms with van der Waals surface area (Å²) in [6.45, 7) is 10.9. The van der Waals surface area contributed by atoms with Crippen molar-refractivity contribution in [2.45, 2.75) is 44.9 Å². The van der Waals surface area contributed by atoms with Crippen molar-refractivity contribution in [3.8, 4) is 0 Å². The second-order valence-electron chi connectivity index (χ2n) is 6.23. The Labute approximate surface area is 114 Å². The van der Waals surface area contributed by atoms with E-state index >= 15 is 0 Å². The van der Waals surface area contributed by atoms with Gasteiger partial charge in [0.05, 0.1) is 10.7 Å². The summed E-state index contributed by atoms with van der Waals surface area (Å²) in [6, 6.07) is 0. The van der Waals surface area contributed by atoms with Crippen LogP contribution < -0.4 is 5.73 Å². The van der Waals surface area contributed by atoms with Gasteiger partial charge in [0.1, 0.15) is 0 Å². The number of rotatable bonds is 3. The second kappa shape index (κ2) is 5.68. The molecule has 3 nitrogen and oxygen atoms in total. The average Bonchev–Trinajstić information content (AvgIpc) is 2.79. The molecule has 2 rings (SSSR count). The molecule has 0 unspecified atom stereocenters. The Morgan fingerprint density at radius 2 is 2.06 bits per heavy atom. The van der Waals surface area contributed by atoms with E-state index in [1.165, 1.54) is 36.6 Å². The van der Waals surface area contributed by atoms with E-state index in [4.69, 9.17) is 10.7 Å². The molecule has 102 valence electrons. The third-order valence-electron chi connectivity index (χ3n) is 3.61. The molecular weight excluding hydrogens is 242 g/mol. The van der Waals surface area contributed by atoms with Gasteiger partial charge in [-0.15, -0.1) is 11.3 Å². The van der Waals surface area contributed by atoms with Gasteiger partial charge in [-0.3, -0.25) is 0 Å². The molecule has 0 aliphatic carbocycles. The van der Waals surface area contributed by atoms with E-state index in [0.717, 1.165) is 13.1 Å². The van der Waals surface area contributed by atoms with Crippen LogP contribution in [-0.4, -0.2) is 36.1 Å². The summed E-state index contributed by atoms with van der Waals surface area (Å²) in [4.78, 5) is 7.32. The SMILES string of the molecule is CC(C)(C)c1nc(C2CCN(CCN)CC2)cs1. The van der Waals surface area contributed by atoms with Crippen molar-refractivity contribution in [2.24, 2.45) is 5.73 Å². The summed E-state index contributed by atoms with van der Waals surface area (Å²) in [6.07, 6.45) is 2.46. The molecule has 1 aliphatic heterocycles. The van der Waals surface area contributed by atoms with E-state index in [-0.39, 0.29) is 5.41 Å². The molecule has 0 aromatic carbocycles. The monoisotopic (exact) mass is 267 g/mol. The standard InChI is InChI=1S/C14H25N3S/c1-14(2,3)13-16-12(10-18-13)11-4-7-17(8-5-11)9-6-15/h10-11H,4-9,15H2,1-3H3. The lowest BCUT2D eigenvalue weighted by atomic mass is 9.93. The molecule has 0 amide bonds. The second-order valence-corrected chi connectivity index (χ2v) is 7.09. The molecule has 0 spiro atoms. The van der Waals surface area contributed by atoms with Crippen LogP contribution in [0, 0.1) is 0 Å². The molecule has 0 saturated carbocycles. The number of nitrogens with two attached hydrogens (primary N) is 1. The lowest BCUT2D eigenvalue weighted by Crippen LogP contribution is -2.36. The largest absolute Gasteiger partial charge is 0.329 e. The average molecular weight is 267 g/mol. The van der Waals surface area contributed by atoms with Gasteiger partial charge >= 0.3 is 0 Å². The van der Waals surface area contributed by atoms with Gasteiger partial charge in [-0.05, 0) is 25.9 Å². The van der Waals surface area contributed by atoms with E-state index in [0.29, 0.717) is 5.92 Å². The van der Waals surface area contributed by atoms with Crippen molar-refractivity contribution in [1.29, 1.82) is 0 Å². The lowest BCUT2D eigenvalue weighted by molar-refractivity contribution is 0.216. The first-order valence-corrected chi connectivity index (χ1v) is 7.77. The summed E-state index contributed by atoms with van der Waals surface area (Å²) >= 11 is 1.82. The Morgan fingerprint density at radius 1 is 1.39 bits per heavy atom. The van der Waals surface area contributed by atoms with Crippen LogP contribution in [-0.2, 0) is 5.41 Å². The van der Waals surface area contributed by atoms with Crippen molar-refractivity contribution in [2.75, 3.05) is 26.2 Å². The molecule has 2 heterocycles. The van der Waals surface area contributed by atoms with E-state index < -0.39 is 0 Å². The molecule has 4 heteroatoms. The first kappa shape index (κ1) is 14.0. The van der Waals surface area contributed by atoms with Gasteiger partial charge in [0.2, 0.25) is 0 Å². The minimum Gasteiger partial charge on any atom is -0.329 e. The minimum absolute atomic E-state index is 0.184. The van der Waals surface area contributed by atoms with Crippen LogP contribution in [0.25, 0.3) is 0 Å². The predicted octanol–water partition coefficient (Wildman–Crippen LogP) is 2.58. The first-order chi connectivity index (χ1) is 8.50. The van der Waals surface area contributed by atoms with Gasteiger partial charge in [0.25, 0.3) is 0 Å². The van der Waals surface area contributed by atoms with Crippen molar-refractivity contribution in [3.63, 3.8) is 0 Å². The van der Waals surface area contributed by atoms with E-state index in [2.05, 4.69) is 31.1 Å². The minimum atomic E-state index is 0.184. The molecule has 1 fully saturated rings. The van der Waals surface area contributed by atoms with Crippen molar-refractivity contribution in [1.82, 2.24) is 9.88 Å². The summed E-state index contributed by atoms with van der Waals surface area (Å²) in [5, 5.41) is 3.53. The molecule has 0 bridgehead atoms. The number of piperidine rings is 1. The maximum absolute atomic E-state index is 5.60. The first-order valence-electron chi connectivity index (χ1n) is 6.89. The lowest BCUT2D eigenvalue weighted by Gasteiger charge is -2.30. The van der Waals surface area contributed by atoms with Gasteiger partial charge in [0, 0.05) is 29.8 Å².